The molecule has 0 aromatic carbocycles. The number of allylic oxidation sites excluding steroid dienone is 1. The summed E-state index contributed by atoms with van der Waals surface area (Å²) >= 11 is 0. The summed E-state index contributed by atoms with van der Waals surface area (Å²) in [7, 11) is 0. The van der Waals surface area contributed by atoms with Gasteiger partial charge in [-0.1, -0.05) is 6.58 Å². The molecule has 0 amide bonds. The first-order valence-electron chi connectivity index (χ1n) is 3.25. The fraction of sp³-hybridized carbons (Fsp3) is 0.500. The monoisotopic (exact) mass is 140 g/mol. The predicted molar refractivity (Wildman–Crippen MR) is 39.6 cm³/mol. The van der Waals surface area contributed by atoms with Crippen LogP contribution in [0.4, 0.5) is 0 Å². The molecule has 0 rings (SSSR count). The van der Waals surface area contributed by atoms with Crippen LogP contribution in [0.25, 0.3) is 0 Å². The van der Waals surface area contributed by atoms with Crippen LogP contribution in [0.2, 0.25) is 0 Å². The molecule has 0 N–H and O–H groups in total. The first kappa shape index (κ1) is 8.99. The van der Waals surface area contributed by atoms with Gasteiger partial charge in [-0.25, -0.2) is 0 Å². The van der Waals surface area contributed by atoms with Crippen molar-refractivity contribution >= 4 is 5.97 Å². The highest BCUT2D eigenvalue weighted by atomic mass is 16.5. The zero-order valence-electron chi connectivity index (χ0n) is 6.22. The van der Waals surface area contributed by atoms with E-state index in [0.717, 1.165) is 12.8 Å². The minimum atomic E-state index is -0.220. The van der Waals surface area contributed by atoms with Gasteiger partial charge in [0.1, 0.15) is 0 Å². The average Bonchev–Trinajstić information content (AvgIpc) is 1.87. The van der Waals surface area contributed by atoms with E-state index in [1.807, 2.05) is 6.08 Å². The Hall–Kier alpha value is -1.01. The standard InChI is InChI=1S/C8H12O2/c1-3-4-5-6-7-10-8(2)9/h4H,1,5-7H2,2H3. The maximum absolute atomic E-state index is 10.2. The Morgan fingerprint density at radius 3 is 3.00 bits per heavy atom. The van der Waals surface area contributed by atoms with Crippen molar-refractivity contribution in [2.45, 2.75) is 19.8 Å². The minimum Gasteiger partial charge on any atom is -0.466 e. The summed E-state index contributed by atoms with van der Waals surface area (Å²) in [5, 5.41) is 0. The van der Waals surface area contributed by atoms with Crippen LogP contribution in [0.1, 0.15) is 19.8 Å². The maximum atomic E-state index is 10.2. The van der Waals surface area contributed by atoms with Gasteiger partial charge in [-0.2, -0.15) is 0 Å². The van der Waals surface area contributed by atoms with Crippen molar-refractivity contribution in [2.24, 2.45) is 0 Å². The Morgan fingerprint density at radius 1 is 1.80 bits per heavy atom. The quantitative estimate of drug-likeness (QED) is 0.337. The van der Waals surface area contributed by atoms with Crippen LogP contribution in [0.5, 0.6) is 0 Å². The number of unbranched alkanes of at least 4 members (excludes halogenated alkanes) is 1. The van der Waals surface area contributed by atoms with Gasteiger partial charge in [0.2, 0.25) is 0 Å². The molecule has 56 valence electrons. The lowest BCUT2D eigenvalue weighted by molar-refractivity contribution is -0.141. The molecule has 0 saturated carbocycles. The van der Waals surface area contributed by atoms with E-state index in [0.29, 0.717) is 6.61 Å². The number of esters is 1. The van der Waals surface area contributed by atoms with Crippen molar-refractivity contribution in [1.82, 2.24) is 0 Å². The largest absolute Gasteiger partial charge is 0.466 e. The van der Waals surface area contributed by atoms with Gasteiger partial charge in [0.25, 0.3) is 0 Å². The molecule has 0 aromatic heterocycles. The molecule has 0 atom stereocenters. The van der Waals surface area contributed by atoms with E-state index in [4.69, 9.17) is 0 Å². The van der Waals surface area contributed by atoms with Gasteiger partial charge in [-0.3, -0.25) is 4.79 Å². The van der Waals surface area contributed by atoms with Gasteiger partial charge in [0, 0.05) is 6.92 Å². The van der Waals surface area contributed by atoms with Crippen molar-refractivity contribution in [2.75, 3.05) is 6.61 Å². The molecular weight excluding hydrogens is 128 g/mol. The van der Waals surface area contributed by atoms with Gasteiger partial charge in [0.15, 0.2) is 0 Å². The van der Waals surface area contributed by atoms with E-state index in [9.17, 15) is 4.79 Å². The fourth-order valence-corrected chi connectivity index (χ4v) is 0.503. The molecule has 0 aromatic rings. The number of rotatable bonds is 4. The van der Waals surface area contributed by atoms with Gasteiger partial charge >= 0.3 is 5.97 Å². The molecule has 0 radical (unpaired) electrons. The summed E-state index contributed by atoms with van der Waals surface area (Å²) in [4.78, 5) is 10.2. The molecule has 10 heavy (non-hydrogen) atoms. The number of hydrogen-bond acceptors (Lipinski definition) is 2. The summed E-state index contributed by atoms with van der Waals surface area (Å²) in [5.74, 6) is -0.220. The number of carbonyl (C=O) groups is 1. The number of hydrogen-bond donors (Lipinski definition) is 0. The highest BCUT2D eigenvalue weighted by Gasteiger charge is 1.89. The van der Waals surface area contributed by atoms with Crippen molar-refractivity contribution in [1.29, 1.82) is 0 Å². The van der Waals surface area contributed by atoms with Crippen LogP contribution in [-0.2, 0) is 9.53 Å². The summed E-state index contributed by atoms with van der Waals surface area (Å²) < 4.78 is 4.68. The second kappa shape index (κ2) is 6.12. The summed E-state index contributed by atoms with van der Waals surface area (Å²) in [6, 6.07) is 0. The summed E-state index contributed by atoms with van der Waals surface area (Å²) in [6.07, 6.45) is 3.54. The first-order valence-corrected chi connectivity index (χ1v) is 3.25. The molecule has 0 saturated heterocycles. The summed E-state index contributed by atoms with van der Waals surface area (Å²) in [5.41, 5.74) is 2.64. The predicted octanol–water partition coefficient (Wildman–Crippen LogP) is 1.67. The van der Waals surface area contributed by atoms with E-state index in [-0.39, 0.29) is 5.97 Å². The van der Waals surface area contributed by atoms with Crippen molar-refractivity contribution in [3.63, 3.8) is 0 Å². The average molecular weight is 140 g/mol. The van der Waals surface area contributed by atoms with E-state index >= 15 is 0 Å². The Balaban J connectivity index is 3.05. The lowest BCUT2D eigenvalue weighted by Crippen LogP contribution is -1.99. The van der Waals surface area contributed by atoms with E-state index < -0.39 is 0 Å². The summed E-state index contributed by atoms with van der Waals surface area (Å²) in [6.45, 7) is 5.30. The number of ether oxygens (including phenoxy) is 1. The molecule has 0 aliphatic heterocycles. The van der Waals surface area contributed by atoms with Gasteiger partial charge in [0.05, 0.1) is 6.61 Å². The molecular formula is C8H12O2. The molecule has 0 aliphatic carbocycles. The van der Waals surface area contributed by atoms with E-state index in [1.165, 1.54) is 6.92 Å². The molecule has 2 nitrogen and oxygen atoms in total. The zero-order valence-corrected chi connectivity index (χ0v) is 6.22. The highest BCUT2D eigenvalue weighted by Crippen LogP contribution is 1.90. The third-order valence-corrected chi connectivity index (χ3v) is 0.942. The van der Waals surface area contributed by atoms with Gasteiger partial charge < -0.3 is 4.74 Å². The maximum Gasteiger partial charge on any atom is 0.302 e. The Kier molecular flexibility index (Phi) is 5.50. The number of carbonyl (C=O) groups excluding carboxylic acids is 1. The molecule has 0 bridgehead atoms. The second-order valence-electron chi connectivity index (χ2n) is 1.89. The fourth-order valence-electron chi connectivity index (χ4n) is 0.503. The van der Waals surface area contributed by atoms with Crippen molar-refractivity contribution < 1.29 is 9.53 Å². The van der Waals surface area contributed by atoms with E-state index in [1.54, 1.807) is 0 Å². The SMILES string of the molecule is C=C=CCCCOC(C)=O. The van der Waals surface area contributed by atoms with Crippen LogP contribution in [0.3, 0.4) is 0 Å². The minimum absolute atomic E-state index is 0.220. The van der Waals surface area contributed by atoms with Crippen molar-refractivity contribution in [3.8, 4) is 0 Å². The Bertz CT molecular complexity index is 139. The molecule has 0 unspecified atom stereocenters. The molecule has 0 heterocycles. The smallest absolute Gasteiger partial charge is 0.302 e. The Morgan fingerprint density at radius 2 is 2.50 bits per heavy atom. The normalized spacial score (nSPS) is 8.10. The molecule has 2 heteroatoms. The first-order chi connectivity index (χ1) is 4.77. The van der Waals surface area contributed by atoms with Crippen molar-refractivity contribution in [3.05, 3.63) is 18.4 Å². The lowest BCUT2D eigenvalue weighted by atomic mass is 10.3. The lowest BCUT2D eigenvalue weighted by Gasteiger charge is -1.96. The molecule has 0 spiro atoms. The highest BCUT2D eigenvalue weighted by molar-refractivity contribution is 5.65. The van der Waals surface area contributed by atoms with Crippen LogP contribution in [-0.4, -0.2) is 12.6 Å². The third-order valence-electron chi connectivity index (χ3n) is 0.942. The van der Waals surface area contributed by atoms with E-state index in [2.05, 4.69) is 17.0 Å². The molecule has 0 aliphatic rings. The Labute approximate surface area is 61.2 Å². The van der Waals surface area contributed by atoms with Gasteiger partial charge in [-0.15, -0.1) is 5.73 Å². The topological polar surface area (TPSA) is 26.3 Å². The van der Waals surface area contributed by atoms with Crippen LogP contribution >= 0.6 is 0 Å². The van der Waals surface area contributed by atoms with Crippen LogP contribution < -0.4 is 0 Å². The molecule has 0 fully saturated rings. The van der Waals surface area contributed by atoms with Crippen LogP contribution in [0, 0.1) is 0 Å². The third kappa shape index (κ3) is 6.99. The second-order valence-corrected chi connectivity index (χ2v) is 1.89. The van der Waals surface area contributed by atoms with Crippen LogP contribution in [0.15, 0.2) is 18.4 Å². The van der Waals surface area contributed by atoms with Gasteiger partial charge in [-0.05, 0) is 18.9 Å². The zero-order chi connectivity index (χ0) is 7.82.